The lowest BCUT2D eigenvalue weighted by molar-refractivity contribution is -0.137. The van der Waals surface area contributed by atoms with Crippen molar-refractivity contribution in [2.75, 3.05) is 25.4 Å². The number of alkyl halides is 3. The zero-order valence-corrected chi connectivity index (χ0v) is 20.2. The molecular formula is C23H26F3N5S2. The fraction of sp³-hybridized carbons (Fsp3) is 0.522. The van der Waals surface area contributed by atoms with E-state index >= 15 is 0 Å². The van der Waals surface area contributed by atoms with E-state index in [1.807, 2.05) is 24.0 Å². The molecule has 0 unspecified atom stereocenters. The van der Waals surface area contributed by atoms with Crippen molar-refractivity contribution in [2.45, 2.75) is 43.4 Å². The van der Waals surface area contributed by atoms with Gasteiger partial charge in [0.2, 0.25) is 0 Å². The summed E-state index contributed by atoms with van der Waals surface area (Å²) in [6.07, 6.45) is -0.989. The molecule has 2 fully saturated rings. The standard InChI is InChI=1S/C23H26F3N5S2/c1-15-19(33-14-27-15)20-28-29-21(30(20)2)32-11-3-9-31-10-8-22(13-31)12-18(22)16-4-6-17(7-5-16)23(24,25)26/h4-7,14,18H,3,8-13H2,1-2H3/t18-,22-/m0/s1. The molecule has 2 aliphatic rings. The molecular weight excluding hydrogens is 467 g/mol. The van der Waals surface area contributed by atoms with E-state index in [1.54, 1.807) is 35.2 Å². The molecule has 10 heteroatoms. The first-order valence-corrected chi connectivity index (χ1v) is 13.0. The number of hydrogen-bond acceptors (Lipinski definition) is 6. The van der Waals surface area contributed by atoms with E-state index in [2.05, 4.69) is 20.1 Å². The normalized spacial score (nSPS) is 23.0. The Labute approximate surface area is 199 Å². The number of hydrogen-bond donors (Lipinski definition) is 0. The van der Waals surface area contributed by atoms with Crippen LogP contribution in [0.15, 0.2) is 34.9 Å². The van der Waals surface area contributed by atoms with E-state index in [-0.39, 0.29) is 5.41 Å². The monoisotopic (exact) mass is 493 g/mol. The number of likely N-dealkylation sites (tertiary alicyclic amines) is 1. The topological polar surface area (TPSA) is 46.8 Å². The molecule has 0 bridgehead atoms. The Bertz CT molecular complexity index is 1120. The van der Waals surface area contributed by atoms with Gasteiger partial charge in [-0.1, -0.05) is 23.9 Å². The number of benzene rings is 1. The fourth-order valence-electron chi connectivity index (χ4n) is 4.96. The van der Waals surface area contributed by atoms with Gasteiger partial charge in [-0.3, -0.25) is 0 Å². The van der Waals surface area contributed by atoms with Gasteiger partial charge in [0.05, 0.1) is 21.6 Å². The molecule has 176 valence electrons. The molecule has 0 N–H and O–H groups in total. The minimum absolute atomic E-state index is 0.262. The van der Waals surface area contributed by atoms with Gasteiger partial charge < -0.3 is 9.47 Å². The number of rotatable bonds is 7. The molecule has 0 radical (unpaired) electrons. The SMILES string of the molecule is Cc1ncsc1-c1nnc(SCCCN2CC[C@]3(C[C@H]3c3ccc(C(F)(F)F)cc3)C2)n1C. The first-order valence-electron chi connectivity index (χ1n) is 11.1. The first kappa shape index (κ1) is 22.9. The highest BCUT2D eigenvalue weighted by Crippen LogP contribution is 2.64. The summed E-state index contributed by atoms with van der Waals surface area (Å²) in [6.45, 7) is 5.13. The summed E-state index contributed by atoms with van der Waals surface area (Å²) >= 11 is 3.31. The molecule has 1 spiro atoms. The fourth-order valence-corrected chi connectivity index (χ4v) is 6.61. The summed E-state index contributed by atoms with van der Waals surface area (Å²) < 4.78 is 40.5. The second-order valence-corrected chi connectivity index (χ2v) is 11.0. The third kappa shape index (κ3) is 4.57. The van der Waals surface area contributed by atoms with Crippen LogP contribution in [-0.2, 0) is 13.2 Å². The summed E-state index contributed by atoms with van der Waals surface area (Å²) in [5, 5.41) is 9.62. The highest BCUT2D eigenvalue weighted by Gasteiger charge is 2.57. The lowest BCUT2D eigenvalue weighted by atomic mass is 9.97. The number of aromatic nitrogens is 4. The average molecular weight is 494 g/mol. The predicted molar refractivity (Wildman–Crippen MR) is 124 cm³/mol. The Morgan fingerprint density at radius 3 is 2.70 bits per heavy atom. The molecule has 3 heterocycles. The van der Waals surface area contributed by atoms with Crippen LogP contribution in [0, 0.1) is 12.3 Å². The molecule has 1 saturated carbocycles. The largest absolute Gasteiger partial charge is 0.416 e. The average Bonchev–Trinajstić information content (AvgIpc) is 3.05. The molecule has 5 rings (SSSR count). The maximum atomic E-state index is 12.8. The summed E-state index contributed by atoms with van der Waals surface area (Å²) in [7, 11) is 2.00. The second kappa shape index (κ2) is 8.70. The lowest BCUT2D eigenvalue weighted by Gasteiger charge is -2.16. The molecule has 1 aliphatic heterocycles. The number of nitrogens with zero attached hydrogens (tertiary/aromatic N) is 5. The van der Waals surface area contributed by atoms with Gasteiger partial charge in [0.15, 0.2) is 11.0 Å². The van der Waals surface area contributed by atoms with Crippen LogP contribution in [0.5, 0.6) is 0 Å². The van der Waals surface area contributed by atoms with Crippen LogP contribution in [0.4, 0.5) is 13.2 Å². The van der Waals surface area contributed by atoms with E-state index < -0.39 is 11.7 Å². The number of aryl methyl sites for hydroxylation is 1. The van der Waals surface area contributed by atoms with Crippen molar-refractivity contribution in [3.63, 3.8) is 0 Å². The maximum Gasteiger partial charge on any atom is 0.416 e. The molecule has 0 amide bonds. The van der Waals surface area contributed by atoms with E-state index in [0.717, 1.165) is 71.8 Å². The van der Waals surface area contributed by atoms with E-state index in [1.165, 1.54) is 12.1 Å². The molecule has 2 atom stereocenters. The Morgan fingerprint density at radius 1 is 1.21 bits per heavy atom. The van der Waals surface area contributed by atoms with Gasteiger partial charge in [0.25, 0.3) is 0 Å². The van der Waals surface area contributed by atoms with Crippen molar-refractivity contribution in [1.29, 1.82) is 0 Å². The molecule has 1 aromatic carbocycles. The van der Waals surface area contributed by atoms with E-state index in [0.29, 0.717) is 5.92 Å². The van der Waals surface area contributed by atoms with Gasteiger partial charge in [-0.05, 0) is 68.3 Å². The van der Waals surface area contributed by atoms with Crippen LogP contribution in [0.2, 0.25) is 0 Å². The number of halogens is 3. The Morgan fingerprint density at radius 2 is 2.00 bits per heavy atom. The molecule has 2 aromatic heterocycles. The Hall–Kier alpha value is -1.91. The third-order valence-electron chi connectivity index (χ3n) is 6.93. The molecule has 33 heavy (non-hydrogen) atoms. The smallest absolute Gasteiger partial charge is 0.304 e. The zero-order valence-electron chi connectivity index (χ0n) is 18.6. The van der Waals surface area contributed by atoms with Gasteiger partial charge in [0.1, 0.15) is 0 Å². The summed E-state index contributed by atoms with van der Waals surface area (Å²) in [5.41, 5.74) is 3.55. The Kier molecular flexibility index (Phi) is 6.03. The van der Waals surface area contributed by atoms with Crippen LogP contribution < -0.4 is 0 Å². The zero-order chi connectivity index (χ0) is 23.2. The summed E-state index contributed by atoms with van der Waals surface area (Å²) in [6, 6.07) is 5.79. The van der Waals surface area contributed by atoms with Crippen LogP contribution in [0.1, 0.15) is 42.0 Å². The third-order valence-corrected chi connectivity index (χ3v) is 8.96. The van der Waals surface area contributed by atoms with Crippen LogP contribution >= 0.6 is 23.1 Å². The lowest BCUT2D eigenvalue weighted by Crippen LogP contribution is -2.23. The van der Waals surface area contributed by atoms with Gasteiger partial charge >= 0.3 is 6.18 Å². The molecule has 5 nitrogen and oxygen atoms in total. The molecule has 1 aliphatic carbocycles. The quantitative estimate of drug-likeness (QED) is 0.315. The van der Waals surface area contributed by atoms with Crippen LogP contribution in [0.3, 0.4) is 0 Å². The predicted octanol–water partition coefficient (Wildman–Crippen LogP) is 5.63. The van der Waals surface area contributed by atoms with E-state index in [9.17, 15) is 13.2 Å². The van der Waals surface area contributed by atoms with E-state index in [4.69, 9.17) is 0 Å². The number of thiazole rings is 1. The van der Waals surface area contributed by atoms with Crippen molar-refractivity contribution in [1.82, 2.24) is 24.6 Å². The number of thioether (sulfide) groups is 1. The van der Waals surface area contributed by atoms with Crippen LogP contribution in [0.25, 0.3) is 10.7 Å². The first-order chi connectivity index (χ1) is 15.8. The van der Waals surface area contributed by atoms with Gasteiger partial charge in [-0.2, -0.15) is 13.2 Å². The van der Waals surface area contributed by atoms with Gasteiger partial charge in [-0.15, -0.1) is 21.5 Å². The summed E-state index contributed by atoms with van der Waals surface area (Å²) in [5.74, 6) is 2.23. The van der Waals surface area contributed by atoms with Gasteiger partial charge in [-0.25, -0.2) is 4.98 Å². The highest BCUT2D eigenvalue weighted by atomic mass is 32.2. The second-order valence-electron chi connectivity index (χ2n) is 9.10. The van der Waals surface area contributed by atoms with Crippen molar-refractivity contribution in [3.8, 4) is 10.7 Å². The van der Waals surface area contributed by atoms with Crippen molar-refractivity contribution in [2.24, 2.45) is 12.5 Å². The van der Waals surface area contributed by atoms with Crippen LogP contribution in [-0.4, -0.2) is 50.0 Å². The summed E-state index contributed by atoms with van der Waals surface area (Å²) in [4.78, 5) is 7.87. The van der Waals surface area contributed by atoms with Gasteiger partial charge in [0, 0.05) is 19.3 Å². The van der Waals surface area contributed by atoms with Crippen molar-refractivity contribution < 1.29 is 13.2 Å². The van der Waals surface area contributed by atoms with Crippen molar-refractivity contribution >= 4 is 23.1 Å². The minimum atomic E-state index is -4.27. The molecule has 1 saturated heterocycles. The molecule has 3 aromatic rings. The van der Waals surface area contributed by atoms with Crippen molar-refractivity contribution in [3.05, 3.63) is 46.6 Å². The minimum Gasteiger partial charge on any atom is -0.304 e. The maximum absolute atomic E-state index is 12.8. The Balaban J connectivity index is 1.09. The highest BCUT2D eigenvalue weighted by molar-refractivity contribution is 7.99.